The van der Waals surface area contributed by atoms with E-state index in [1.165, 1.54) is 24.3 Å². The van der Waals surface area contributed by atoms with Crippen molar-refractivity contribution in [2.75, 3.05) is 5.75 Å². The third-order valence-electron chi connectivity index (χ3n) is 3.02. The molecule has 1 rings (SSSR count). The van der Waals surface area contributed by atoms with Gasteiger partial charge in [0.2, 0.25) is 11.3 Å². The molecule has 2 atom stereocenters. The van der Waals surface area contributed by atoms with Gasteiger partial charge in [0.1, 0.15) is 6.17 Å². The van der Waals surface area contributed by atoms with Gasteiger partial charge in [-0.1, -0.05) is 42.1 Å². The summed E-state index contributed by atoms with van der Waals surface area (Å²) in [4.78, 5) is 11.6. The number of carbonyl (C=O) groups is 1. The van der Waals surface area contributed by atoms with E-state index in [2.05, 4.69) is 0 Å². The quantitative estimate of drug-likeness (QED) is 0.580. The first kappa shape index (κ1) is 20.7. The van der Waals surface area contributed by atoms with E-state index in [-0.39, 0.29) is 5.56 Å². The highest BCUT2D eigenvalue weighted by Gasteiger charge is 2.68. The molecule has 0 aromatic heterocycles. The van der Waals surface area contributed by atoms with Crippen molar-refractivity contribution in [1.29, 1.82) is 0 Å². The predicted molar refractivity (Wildman–Crippen MR) is 73.5 cm³/mol. The Morgan fingerprint density at radius 2 is 1.50 bits per heavy atom. The van der Waals surface area contributed by atoms with Crippen LogP contribution >= 0.6 is 11.8 Å². The van der Waals surface area contributed by atoms with E-state index in [4.69, 9.17) is 0 Å². The molecule has 0 heterocycles. The molecule has 1 nitrogen and oxygen atoms in total. The average molecular weight is 380 g/mol. The maximum atomic E-state index is 13.4. The lowest BCUT2D eigenvalue weighted by atomic mass is 10.0. The second-order valence-electron chi connectivity index (χ2n) is 4.76. The summed E-state index contributed by atoms with van der Waals surface area (Å²) in [6, 6.07) is 7.56. The van der Waals surface area contributed by atoms with Gasteiger partial charge in [-0.3, -0.25) is 4.79 Å². The summed E-state index contributed by atoms with van der Waals surface area (Å²) in [7, 11) is 0. The minimum absolute atomic E-state index is 0.226. The van der Waals surface area contributed by atoms with Gasteiger partial charge >= 0.3 is 18.3 Å². The maximum absolute atomic E-state index is 13.4. The van der Waals surface area contributed by atoms with Crippen LogP contribution in [0.1, 0.15) is 16.8 Å². The molecule has 0 bridgehead atoms. The lowest BCUT2D eigenvalue weighted by Gasteiger charge is -2.29. The third-order valence-corrected chi connectivity index (χ3v) is 3.96. The summed E-state index contributed by atoms with van der Waals surface area (Å²) in [6.07, 6.45) is -13.1. The van der Waals surface area contributed by atoms with Crippen LogP contribution < -0.4 is 0 Å². The van der Waals surface area contributed by atoms with Crippen molar-refractivity contribution in [3.8, 4) is 0 Å². The normalized spacial score (nSPS) is 15.4. The fourth-order valence-electron chi connectivity index (χ4n) is 1.62. The van der Waals surface area contributed by atoms with Crippen LogP contribution in [0, 0.1) is 0 Å². The second kappa shape index (κ2) is 8.17. The Bertz CT molecular complexity index is 537. The van der Waals surface area contributed by atoms with Crippen LogP contribution in [-0.4, -0.2) is 41.5 Å². The number of thioether (sulfide) groups is 1. The van der Waals surface area contributed by atoms with Crippen LogP contribution in [-0.2, 0) is 0 Å². The topological polar surface area (TPSA) is 17.1 Å². The van der Waals surface area contributed by atoms with E-state index in [1.54, 1.807) is 6.07 Å². The number of rotatable bonds is 8. The van der Waals surface area contributed by atoms with Gasteiger partial charge in [0.25, 0.3) is 0 Å². The van der Waals surface area contributed by atoms with Gasteiger partial charge in [-0.05, 0) is 6.42 Å². The van der Waals surface area contributed by atoms with E-state index in [0.29, 0.717) is 11.8 Å². The first-order valence-corrected chi connectivity index (χ1v) is 7.54. The van der Waals surface area contributed by atoms with Crippen molar-refractivity contribution in [3.05, 3.63) is 35.9 Å². The van der Waals surface area contributed by atoms with Gasteiger partial charge in [-0.15, -0.1) is 0 Å². The number of hydrogen-bond donors (Lipinski definition) is 0. The fourth-order valence-corrected chi connectivity index (χ4v) is 2.46. The molecule has 24 heavy (non-hydrogen) atoms. The molecule has 0 amide bonds. The number of alkyl halides is 8. The second-order valence-corrected chi connectivity index (χ2v) is 5.82. The van der Waals surface area contributed by atoms with E-state index in [9.17, 15) is 39.9 Å². The summed E-state index contributed by atoms with van der Waals surface area (Å²) >= 11 is 0.474. The highest BCUT2D eigenvalue weighted by Crippen LogP contribution is 2.44. The standard InChI is InChI=1S/C14H12F8OS/c15-9(10(16)13(19,20)14(21,22)12(17)18)6-7-24-11(23)8-4-2-1-3-5-8/h1-5,9-10,12H,6-7H2. The van der Waals surface area contributed by atoms with E-state index in [0.717, 1.165) is 0 Å². The molecule has 0 aliphatic rings. The molecular weight excluding hydrogens is 368 g/mol. The number of hydrogen-bond acceptors (Lipinski definition) is 2. The molecule has 10 heteroatoms. The van der Waals surface area contributed by atoms with Gasteiger partial charge in [0, 0.05) is 11.3 Å². The van der Waals surface area contributed by atoms with Crippen LogP contribution in [0.4, 0.5) is 35.1 Å². The molecule has 2 unspecified atom stereocenters. The van der Waals surface area contributed by atoms with Gasteiger partial charge in [0.15, 0.2) is 0 Å². The fraction of sp³-hybridized carbons (Fsp3) is 0.500. The lowest BCUT2D eigenvalue weighted by molar-refractivity contribution is -0.291. The molecule has 0 fully saturated rings. The first-order chi connectivity index (χ1) is 11.0. The molecule has 136 valence electrons. The summed E-state index contributed by atoms with van der Waals surface area (Å²) < 4.78 is 102. The Labute approximate surface area is 136 Å². The predicted octanol–water partition coefficient (Wildman–Crippen LogP) is 5.16. The van der Waals surface area contributed by atoms with E-state index in [1.807, 2.05) is 0 Å². The minimum Gasteiger partial charge on any atom is -0.282 e. The summed E-state index contributed by atoms with van der Waals surface area (Å²) in [5, 5.41) is -0.553. The molecule has 0 aliphatic carbocycles. The number of carbonyl (C=O) groups excluding carboxylic acids is 1. The summed E-state index contributed by atoms with van der Waals surface area (Å²) in [5.74, 6) is -12.3. The zero-order valence-corrected chi connectivity index (χ0v) is 12.7. The smallest absolute Gasteiger partial charge is 0.282 e. The molecular formula is C14H12F8OS. The maximum Gasteiger partial charge on any atom is 0.372 e. The highest BCUT2D eigenvalue weighted by atomic mass is 32.2. The Morgan fingerprint density at radius 1 is 0.958 bits per heavy atom. The summed E-state index contributed by atoms with van der Waals surface area (Å²) in [6.45, 7) is 0. The molecule has 1 aromatic carbocycles. The van der Waals surface area contributed by atoms with Crippen molar-refractivity contribution >= 4 is 16.9 Å². The zero-order valence-electron chi connectivity index (χ0n) is 11.9. The van der Waals surface area contributed by atoms with Crippen molar-refractivity contribution in [3.63, 3.8) is 0 Å². The molecule has 0 aliphatic heterocycles. The Kier molecular flexibility index (Phi) is 7.06. The van der Waals surface area contributed by atoms with Crippen molar-refractivity contribution < 1.29 is 39.9 Å². The minimum atomic E-state index is -6.00. The average Bonchev–Trinajstić information content (AvgIpc) is 2.54. The molecule has 0 saturated carbocycles. The molecule has 0 spiro atoms. The Morgan fingerprint density at radius 3 is 2.00 bits per heavy atom. The van der Waals surface area contributed by atoms with Gasteiger partial charge in [-0.2, -0.15) is 17.6 Å². The number of benzene rings is 1. The van der Waals surface area contributed by atoms with Crippen LogP contribution in [0.3, 0.4) is 0 Å². The first-order valence-electron chi connectivity index (χ1n) is 6.56. The van der Waals surface area contributed by atoms with E-state index < -0.39 is 47.9 Å². The highest BCUT2D eigenvalue weighted by molar-refractivity contribution is 8.14. The Balaban J connectivity index is 2.58. The molecule has 0 saturated heterocycles. The molecule has 1 aromatic rings. The summed E-state index contributed by atoms with van der Waals surface area (Å²) in [5.41, 5.74) is 0.226. The van der Waals surface area contributed by atoms with Crippen LogP contribution in [0.15, 0.2) is 30.3 Å². The van der Waals surface area contributed by atoms with Crippen molar-refractivity contribution in [2.24, 2.45) is 0 Å². The van der Waals surface area contributed by atoms with Gasteiger partial charge < -0.3 is 0 Å². The lowest BCUT2D eigenvalue weighted by Crippen LogP contribution is -2.55. The Hall–Kier alpha value is -1.32. The monoisotopic (exact) mass is 380 g/mol. The van der Waals surface area contributed by atoms with Crippen LogP contribution in [0.2, 0.25) is 0 Å². The largest absolute Gasteiger partial charge is 0.372 e. The van der Waals surface area contributed by atoms with Crippen molar-refractivity contribution in [2.45, 2.75) is 37.0 Å². The van der Waals surface area contributed by atoms with E-state index >= 15 is 0 Å². The van der Waals surface area contributed by atoms with Gasteiger partial charge in [0.05, 0.1) is 0 Å². The number of halogens is 8. The zero-order chi connectivity index (χ0) is 18.5. The van der Waals surface area contributed by atoms with Crippen LogP contribution in [0.25, 0.3) is 0 Å². The third kappa shape index (κ3) is 4.61. The van der Waals surface area contributed by atoms with Crippen molar-refractivity contribution in [1.82, 2.24) is 0 Å². The molecule has 0 radical (unpaired) electrons. The van der Waals surface area contributed by atoms with Crippen LogP contribution in [0.5, 0.6) is 0 Å². The van der Waals surface area contributed by atoms with Gasteiger partial charge in [-0.25, -0.2) is 17.6 Å². The molecule has 0 N–H and O–H groups in total. The SMILES string of the molecule is O=C(SCCC(F)C(F)C(F)(F)C(F)(F)C(F)F)c1ccccc1.